The molecule has 5 aromatic rings. The van der Waals surface area contributed by atoms with Gasteiger partial charge in [-0.2, -0.15) is 0 Å². The van der Waals surface area contributed by atoms with Gasteiger partial charge in [0.05, 0.1) is 6.04 Å². The summed E-state index contributed by atoms with van der Waals surface area (Å²) in [6.07, 6.45) is 4.37. The summed E-state index contributed by atoms with van der Waals surface area (Å²) in [5, 5.41) is 2.36. The summed E-state index contributed by atoms with van der Waals surface area (Å²) in [5.41, 5.74) is 11.2. The summed E-state index contributed by atoms with van der Waals surface area (Å²) in [5.74, 6) is 0.886. The van der Waals surface area contributed by atoms with Crippen LogP contribution >= 0.6 is 0 Å². The molecular weight excluding hydrogens is 416 g/mol. The summed E-state index contributed by atoms with van der Waals surface area (Å²) in [6, 6.07) is 27.0. The Bertz CT molecular complexity index is 1710. The summed E-state index contributed by atoms with van der Waals surface area (Å²) in [4.78, 5) is 5.00. The maximum atomic E-state index is 6.54. The molecule has 1 aliphatic carbocycles. The molecule has 164 valence electrons. The topological polar surface area (TPSA) is 30.4 Å². The molecule has 3 aromatic carbocycles. The number of aromatic nitrogens is 1. The lowest BCUT2D eigenvalue weighted by atomic mass is 9.92. The molecule has 0 bridgehead atoms. The molecule has 0 N–H and O–H groups in total. The Morgan fingerprint density at radius 3 is 2.50 bits per heavy atom. The second-order valence-electron chi connectivity index (χ2n) is 9.98. The second-order valence-corrected chi connectivity index (χ2v) is 9.98. The van der Waals surface area contributed by atoms with E-state index >= 15 is 0 Å². The maximum absolute atomic E-state index is 6.54. The van der Waals surface area contributed by atoms with E-state index in [9.17, 15) is 0 Å². The second kappa shape index (κ2) is 6.38. The number of aliphatic imine (C=N–C) groups is 1. The van der Waals surface area contributed by atoms with Gasteiger partial charge in [0.25, 0.3) is 0 Å². The number of aryl methyl sites for hydroxylation is 1. The van der Waals surface area contributed by atoms with Gasteiger partial charge in [-0.1, -0.05) is 60.7 Å². The van der Waals surface area contributed by atoms with Crippen molar-refractivity contribution in [3.63, 3.8) is 0 Å². The Hall–Kier alpha value is -3.85. The Balaban J connectivity index is 1.40. The average Bonchev–Trinajstić information content (AvgIpc) is 3.12. The number of allylic oxidation sites excluding steroid dienone is 1. The molecule has 8 rings (SSSR count). The van der Waals surface area contributed by atoms with Gasteiger partial charge in [-0.05, 0) is 49.2 Å². The van der Waals surface area contributed by atoms with Gasteiger partial charge in [-0.3, -0.25) is 4.99 Å². The molecule has 3 heteroatoms. The zero-order valence-electron chi connectivity index (χ0n) is 19.2. The SMILES string of the molecule is CC1=NC(c2c(C3C4c5ccccc5-c5ccc(C)n5C43)ccc3c2oc2ccccc23)C=C1. The lowest BCUT2D eigenvalue weighted by Crippen LogP contribution is -2.07. The molecule has 4 atom stereocenters. The molecule has 3 nitrogen and oxygen atoms in total. The van der Waals surface area contributed by atoms with E-state index in [1.807, 2.05) is 6.07 Å². The number of rotatable bonds is 2. The molecule has 34 heavy (non-hydrogen) atoms. The first-order valence-corrected chi connectivity index (χ1v) is 12.1. The van der Waals surface area contributed by atoms with E-state index in [0.717, 1.165) is 16.9 Å². The van der Waals surface area contributed by atoms with E-state index in [-0.39, 0.29) is 6.04 Å². The Labute approximate surface area is 198 Å². The number of hydrogen-bond donors (Lipinski definition) is 0. The molecule has 1 fully saturated rings. The van der Waals surface area contributed by atoms with Crippen molar-refractivity contribution in [2.45, 2.75) is 37.8 Å². The van der Waals surface area contributed by atoms with E-state index in [0.29, 0.717) is 17.9 Å². The van der Waals surface area contributed by atoms with Crippen molar-refractivity contribution in [2.75, 3.05) is 0 Å². The first kappa shape index (κ1) is 18.6. The molecule has 0 spiro atoms. The number of hydrogen-bond acceptors (Lipinski definition) is 2. The van der Waals surface area contributed by atoms with Gasteiger partial charge in [-0.15, -0.1) is 0 Å². The number of nitrogens with zero attached hydrogens (tertiary/aromatic N) is 2. The highest BCUT2D eigenvalue weighted by atomic mass is 16.3. The van der Waals surface area contributed by atoms with Gasteiger partial charge < -0.3 is 8.98 Å². The number of fused-ring (bicyclic) bond motifs is 9. The predicted molar refractivity (Wildman–Crippen MR) is 138 cm³/mol. The highest BCUT2D eigenvalue weighted by Crippen LogP contribution is 2.69. The van der Waals surface area contributed by atoms with Crippen LogP contribution in [-0.2, 0) is 0 Å². The van der Waals surface area contributed by atoms with Crippen molar-refractivity contribution in [2.24, 2.45) is 4.99 Å². The molecule has 0 radical (unpaired) electrons. The van der Waals surface area contributed by atoms with Gasteiger partial charge in [0.1, 0.15) is 11.2 Å². The molecule has 1 saturated carbocycles. The van der Waals surface area contributed by atoms with Crippen LogP contribution in [0.4, 0.5) is 0 Å². The zero-order valence-corrected chi connectivity index (χ0v) is 19.2. The van der Waals surface area contributed by atoms with Gasteiger partial charge >= 0.3 is 0 Å². The lowest BCUT2D eigenvalue weighted by molar-refractivity contribution is 0.654. The van der Waals surface area contributed by atoms with E-state index in [2.05, 4.69) is 97.3 Å². The quantitative estimate of drug-likeness (QED) is 0.275. The third-order valence-electron chi connectivity index (χ3n) is 8.13. The minimum Gasteiger partial charge on any atom is -0.456 e. The fraction of sp³-hybridized carbons (Fsp3) is 0.194. The van der Waals surface area contributed by atoms with Gasteiger partial charge in [-0.25, -0.2) is 0 Å². The molecule has 3 aliphatic rings. The van der Waals surface area contributed by atoms with Crippen LogP contribution in [0, 0.1) is 6.92 Å². The van der Waals surface area contributed by atoms with Crippen molar-refractivity contribution in [3.05, 3.63) is 107 Å². The lowest BCUT2D eigenvalue weighted by Gasteiger charge is -2.19. The Morgan fingerprint density at radius 1 is 0.794 bits per heavy atom. The van der Waals surface area contributed by atoms with Crippen molar-refractivity contribution in [3.8, 4) is 11.3 Å². The van der Waals surface area contributed by atoms with Gasteiger partial charge in [0, 0.05) is 56.9 Å². The van der Waals surface area contributed by atoms with E-state index < -0.39 is 0 Å². The third-order valence-corrected chi connectivity index (χ3v) is 8.13. The smallest absolute Gasteiger partial charge is 0.141 e. The Morgan fingerprint density at radius 2 is 1.62 bits per heavy atom. The van der Waals surface area contributed by atoms with E-state index in [1.54, 1.807) is 0 Å². The summed E-state index contributed by atoms with van der Waals surface area (Å²) < 4.78 is 9.11. The van der Waals surface area contributed by atoms with Crippen molar-refractivity contribution in [1.29, 1.82) is 0 Å². The highest BCUT2D eigenvalue weighted by molar-refractivity contribution is 6.07. The molecule has 2 aliphatic heterocycles. The molecule has 0 amide bonds. The average molecular weight is 441 g/mol. The third kappa shape index (κ3) is 2.29. The van der Waals surface area contributed by atoms with Crippen LogP contribution in [0.3, 0.4) is 0 Å². The summed E-state index contributed by atoms with van der Waals surface area (Å²) >= 11 is 0. The maximum Gasteiger partial charge on any atom is 0.141 e. The van der Waals surface area contributed by atoms with Crippen LogP contribution in [0.25, 0.3) is 33.2 Å². The van der Waals surface area contributed by atoms with E-state index in [1.165, 1.54) is 44.4 Å². The van der Waals surface area contributed by atoms with Crippen molar-refractivity contribution in [1.82, 2.24) is 4.57 Å². The largest absolute Gasteiger partial charge is 0.456 e. The minimum absolute atomic E-state index is 0.00221. The minimum atomic E-state index is 0.00221. The van der Waals surface area contributed by atoms with E-state index in [4.69, 9.17) is 9.41 Å². The first-order valence-electron chi connectivity index (χ1n) is 12.1. The standard InChI is InChI=1S/C31H24N2O/c1-17-11-15-24(32-17)27-23(14-13-22-20-8-5-6-10-26(20)34-31(22)27)29-28-21-9-4-3-7-19(21)25-16-12-18(2)33(25)30(28)29/h3-16,24,28-30H,1-2H3. The fourth-order valence-corrected chi connectivity index (χ4v) is 6.67. The van der Waals surface area contributed by atoms with Crippen LogP contribution in [0.5, 0.6) is 0 Å². The molecule has 4 unspecified atom stereocenters. The normalized spacial score (nSPS) is 24.2. The van der Waals surface area contributed by atoms with Gasteiger partial charge in [0.2, 0.25) is 0 Å². The number of para-hydroxylation sites is 1. The fourth-order valence-electron chi connectivity index (χ4n) is 6.67. The van der Waals surface area contributed by atoms with Crippen molar-refractivity contribution >= 4 is 27.7 Å². The number of benzene rings is 3. The van der Waals surface area contributed by atoms with Crippen LogP contribution in [0.1, 0.15) is 53.2 Å². The summed E-state index contributed by atoms with van der Waals surface area (Å²) in [6.45, 7) is 4.32. The Kier molecular flexibility index (Phi) is 3.49. The highest BCUT2D eigenvalue weighted by Gasteiger charge is 2.57. The zero-order chi connectivity index (χ0) is 22.6. The van der Waals surface area contributed by atoms with Crippen LogP contribution in [0.15, 0.2) is 94.4 Å². The molecular formula is C31H24N2O. The molecule has 2 aromatic heterocycles. The monoisotopic (exact) mass is 440 g/mol. The molecule has 4 heterocycles. The van der Waals surface area contributed by atoms with Crippen LogP contribution in [0.2, 0.25) is 0 Å². The van der Waals surface area contributed by atoms with Crippen LogP contribution in [-0.4, -0.2) is 10.3 Å². The van der Waals surface area contributed by atoms with Crippen LogP contribution < -0.4 is 0 Å². The van der Waals surface area contributed by atoms with Crippen molar-refractivity contribution < 1.29 is 4.42 Å². The first-order chi connectivity index (χ1) is 16.7. The predicted octanol–water partition coefficient (Wildman–Crippen LogP) is 7.87. The molecule has 0 saturated heterocycles. The summed E-state index contributed by atoms with van der Waals surface area (Å²) in [7, 11) is 0. The van der Waals surface area contributed by atoms with Gasteiger partial charge in [0.15, 0.2) is 0 Å². The number of furan rings is 1.